The average Bonchev–Trinajstić information content (AvgIpc) is 2.62. The summed E-state index contributed by atoms with van der Waals surface area (Å²) < 4.78 is 1.78. The SMILES string of the molecule is CC(C)NCc1cn(CC(O)CO)cn1. The van der Waals surface area contributed by atoms with Crippen LogP contribution in [0.5, 0.6) is 0 Å². The summed E-state index contributed by atoms with van der Waals surface area (Å²) in [6, 6.07) is 0.429. The van der Waals surface area contributed by atoms with E-state index in [0.29, 0.717) is 12.6 Å². The van der Waals surface area contributed by atoms with Crippen molar-refractivity contribution in [3.63, 3.8) is 0 Å². The number of nitrogens with one attached hydrogen (secondary N) is 1. The van der Waals surface area contributed by atoms with Crippen LogP contribution < -0.4 is 5.32 Å². The number of hydrogen-bond acceptors (Lipinski definition) is 4. The van der Waals surface area contributed by atoms with Crippen LogP contribution in [0, 0.1) is 0 Å². The topological polar surface area (TPSA) is 70.3 Å². The average molecular weight is 213 g/mol. The zero-order chi connectivity index (χ0) is 11.3. The van der Waals surface area contributed by atoms with Crippen LogP contribution in [0.25, 0.3) is 0 Å². The minimum atomic E-state index is -0.717. The van der Waals surface area contributed by atoms with Gasteiger partial charge in [-0.05, 0) is 0 Å². The second-order valence-electron chi connectivity index (χ2n) is 3.93. The van der Waals surface area contributed by atoms with Crippen molar-refractivity contribution in [2.75, 3.05) is 6.61 Å². The summed E-state index contributed by atoms with van der Waals surface area (Å²) in [5.74, 6) is 0. The Hall–Kier alpha value is -0.910. The van der Waals surface area contributed by atoms with Crippen LogP contribution in [0.3, 0.4) is 0 Å². The van der Waals surface area contributed by atoms with Gasteiger partial charge in [-0.2, -0.15) is 0 Å². The van der Waals surface area contributed by atoms with Gasteiger partial charge >= 0.3 is 0 Å². The Labute approximate surface area is 89.8 Å². The zero-order valence-electron chi connectivity index (χ0n) is 9.22. The number of rotatable bonds is 6. The molecular weight excluding hydrogens is 194 g/mol. The maximum absolute atomic E-state index is 9.22. The second-order valence-corrected chi connectivity index (χ2v) is 3.93. The van der Waals surface area contributed by atoms with Crippen molar-refractivity contribution in [2.45, 2.75) is 39.1 Å². The van der Waals surface area contributed by atoms with Crippen LogP contribution in [0.1, 0.15) is 19.5 Å². The van der Waals surface area contributed by atoms with E-state index in [4.69, 9.17) is 5.11 Å². The molecule has 0 amide bonds. The number of hydrogen-bond donors (Lipinski definition) is 3. The van der Waals surface area contributed by atoms with Gasteiger partial charge in [0.25, 0.3) is 0 Å². The number of aliphatic hydroxyl groups is 2. The molecule has 0 fully saturated rings. The molecule has 0 bridgehead atoms. The monoisotopic (exact) mass is 213 g/mol. The van der Waals surface area contributed by atoms with Crippen LogP contribution in [0.2, 0.25) is 0 Å². The third kappa shape index (κ3) is 4.42. The fourth-order valence-electron chi connectivity index (χ4n) is 1.21. The molecule has 1 aromatic rings. The van der Waals surface area contributed by atoms with Crippen LogP contribution in [0.4, 0.5) is 0 Å². The van der Waals surface area contributed by atoms with Gasteiger partial charge in [0.15, 0.2) is 0 Å². The van der Waals surface area contributed by atoms with E-state index in [1.807, 2.05) is 6.20 Å². The van der Waals surface area contributed by atoms with E-state index in [1.165, 1.54) is 0 Å². The Morgan fingerprint density at radius 3 is 2.87 bits per heavy atom. The lowest BCUT2D eigenvalue weighted by Crippen LogP contribution is -2.22. The van der Waals surface area contributed by atoms with Gasteiger partial charge in [-0.15, -0.1) is 0 Å². The Bertz CT molecular complexity index is 286. The summed E-state index contributed by atoms with van der Waals surface area (Å²) >= 11 is 0. The van der Waals surface area contributed by atoms with Gasteiger partial charge in [0.05, 0.1) is 31.3 Å². The quantitative estimate of drug-likeness (QED) is 0.608. The van der Waals surface area contributed by atoms with Crippen LogP contribution >= 0.6 is 0 Å². The van der Waals surface area contributed by atoms with Crippen molar-refractivity contribution in [1.29, 1.82) is 0 Å². The van der Waals surface area contributed by atoms with Crippen molar-refractivity contribution in [3.8, 4) is 0 Å². The van der Waals surface area contributed by atoms with Crippen molar-refractivity contribution >= 4 is 0 Å². The van der Waals surface area contributed by atoms with Gasteiger partial charge in [0.2, 0.25) is 0 Å². The number of aliphatic hydroxyl groups excluding tert-OH is 2. The minimum absolute atomic E-state index is 0.224. The molecule has 1 rings (SSSR count). The summed E-state index contributed by atoms with van der Waals surface area (Å²) in [5, 5.41) is 21.2. The highest BCUT2D eigenvalue weighted by Gasteiger charge is 2.04. The molecule has 0 aromatic carbocycles. The number of nitrogens with zero attached hydrogens (tertiary/aromatic N) is 2. The Morgan fingerprint density at radius 1 is 1.53 bits per heavy atom. The lowest BCUT2D eigenvalue weighted by atomic mass is 10.3. The minimum Gasteiger partial charge on any atom is -0.394 e. The van der Waals surface area contributed by atoms with Gasteiger partial charge in [-0.3, -0.25) is 0 Å². The maximum Gasteiger partial charge on any atom is 0.0950 e. The van der Waals surface area contributed by atoms with Crippen molar-refractivity contribution < 1.29 is 10.2 Å². The highest BCUT2D eigenvalue weighted by molar-refractivity contribution is 4.96. The molecular formula is C10H19N3O2. The molecule has 0 saturated carbocycles. The lowest BCUT2D eigenvalue weighted by molar-refractivity contribution is 0.0812. The van der Waals surface area contributed by atoms with Gasteiger partial charge < -0.3 is 20.1 Å². The Morgan fingerprint density at radius 2 is 2.27 bits per heavy atom. The first kappa shape index (κ1) is 12.2. The zero-order valence-corrected chi connectivity index (χ0v) is 9.22. The molecule has 5 nitrogen and oxygen atoms in total. The summed E-state index contributed by atoms with van der Waals surface area (Å²) in [4.78, 5) is 4.18. The van der Waals surface area contributed by atoms with Gasteiger partial charge in [0, 0.05) is 18.8 Å². The first-order valence-electron chi connectivity index (χ1n) is 5.14. The van der Waals surface area contributed by atoms with Gasteiger partial charge in [-0.25, -0.2) is 4.98 Å². The van der Waals surface area contributed by atoms with Crippen LogP contribution in [0.15, 0.2) is 12.5 Å². The fourth-order valence-corrected chi connectivity index (χ4v) is 1.21. The second kappa shape index (κ2) is 5.85. The third-order valence-corrected chi connectivity index (χ3v) is 2.01. The first-order chi connectivity index (χ1) is 7.11. The molecule has 3 N–H and O–H groups in total. The summed E-state index contributed by atoms with van der Waals surface area (Å²) in [7, 11) is 0. The normalized spacial score (nSPS) is 13.4. The summed E-state index contributed by atoms with van der Waals surface area (Å²) in [6.07, 6.45) is 2.81. The molecule has 1 heterocycles. The van der Waals surface area contributed by atoms with E-state index < -0.39 is 6.10 Å². The van der Waals surface area contributed by atoms with E-state index in [2.05, 4.69) is 24.1 Å². The molecule has 86 valence electrons. The van der Waals surface area contributed by atoms with Gasteiger partial charge in [-0.1, -0.05) is 13.8 Å². The molecule has 0 radical (unpaired) electrons. The standard InChI is InChI=1S/C10H19N3O2/c1-8(2)11-3-9-4-13(7-12-9)5-10(15)6-14/h4,7-8,10-11,14-15H,3,5-6H2,1-2H3. The molecule has 0 spiro atoms. The molecule has 0 saturated heterocycles. The highest BCUT2D eigenvalue weighted by Crippen LogP contribution is 1.98. The van der Waals surface area contributed by atoms with E-state index >= 15 is 0 Å². The molecule has 1 unspecified atom stereocenters. The molecule has 5 heteroatoms. The Balaban J connectivity index is 2.42. The predicted molar refractivity (Wildman–Crippen MR) is 57.3 cm³/mol. The molecule has 15 heavy (non-hydrogen) atoms. The lowest BCUT2D eigenvalue weighted by Gasteiger charge is -2.07. The molecule has 0 aliphatic heterocycles. The molecule has 1 atom stereocenters. The van der Waals surface area contributed by atoms with Crippen LogP contribution in [-0.2, 0) is 13.1 Å². The van der Waals surface area contributed by atoms with E-state index in [0.717, 1.165) is 12.2 Å². The smallest absolute Gasteiger partial charge is 0.0950 e. The number of aromatic nitrogens is 2. The maximum atomic E-state index is 9.22. The van der Waals surface area contributed by atoms with Crippen LogP contribution in [-0.4, -0.2) is 38.5 Å². The Kier molecular flexibility index (Phi) is 4.74. The van der Waals surface area contributed by atoms with E-state index in [1.54, 1.807) is 10.9 Å². The van der Waals surface area contributed by atoms with Crippen molar-refractivity contribution in [3.05, 3.63) is 18.2 Å². The summed E-state index contributed by atoms with van der Waals surface area (Å²) in [5.41, 5.74) is 0.939. The summed E-state index contributed by atoms with van der Waals surface area (Å²) in [6.45, 7) is 5.03. The first-order valence-corrected chi connectivity index (χ1v) is 5.14. The molecule has 0 aliphatic carbocycles. The molecule has 0 aliphatic rings. The molecule has 1 aromatic heterocycles. The number of imidazole rings is 1. The highest BCUT2D eigenvalue weighted by atomic mass is 16.3. The fraction of sp³-hybridized carbons (Fsp3) is 0.700. The van der Waals surface area contributed by atoms with E-state index in [-0.39, 0.29) is 6.61 Å². The van der Waals surface area contributed by atoms with Gasteiger partial charge in [0.1, 0.15) is 0 Å². The predicted octanol–water partition coefficient (Wildman–Crippen LogP) is -0.266. The largest absolute Gasteiger partial charge is 0.394 e. The van der Waals surface area contributed by atoms with E-state index in [9.17, 15) is 5.11 Å². The van der Waals surface area contributed by atoms with Crippen molar-refractivity contribution in [1.82, 2.24) is 14.9 Å². The van der Waals surface area contributed by atoms with Crippen molar-refractivity contribution in [2.24, 2.45) is 0 Å². The third-order valence-electron chi connectivity index (χ3n) is 2.01.